The van der Waals surface area contributed by atoms with Gasteiger partial charge in [-0.05, 0) is 22.9 Å². The van der Waals surface area contributed by atoms with Gasteiger partial charge in [-0.25, -0.2) is 13.6 Å². The van der Waals surface area contributed by atoms with Crippen LogP contribution in [0.2, 0.25) is 0 Å². The maximum absolute atomic E-state index is 12.5. The van der Waals surface area contributed by atoms with Gasteiger partial charge < -0.3 is 20.6 Å². The first-order chi connectivity index (χ1) is 8.38. The van der Waals surface area contributed by atoms with Gasteiger partial charge in [0.1, 0.15) is 0 Å². The van der Waals surface area contributed by atoms with Gasteiger partial charge in [0.05, 0.1) is 12.2 Å². The van der Waals surface area contributed by atoms with Crippen molar-refractivity contribution in [1.82, 2.24) is 4.98 Å². The quantitative estimate of drug-likeness (QED) is 0.501. The molecular formula is C9H9F2N3O4. The zero-order valence-electron chi connectivity index (χ0n) is 9.22. The number of hydrogen-bond acceptors (Lipinski definition) is 6. The van der Waals surface area contributed by atoms with Crippen LogP contribution in [0.4, 0.5) is 20.4 Å². The molecule has 2 N–H and O–H groups in total. The van der Waals surface area contributed by atoms with Crippen molar-refractivity contribution in [2.75, 3.05) is 12.3 Å². The van der Waals surface area contributed by atoms with Crippen LogP contribution >= 0.6 is 0 Å². The lowest BCUT2D eigenvalue weighted by Crippen LogP contribution is -2.12. The summed E-state index contributed by atoms with van der Waals surface area (Å²) >= 11 is 0. The molecule has 0 amide bonds. The van der Waals surface area contributed by atoms with Gasteiger partial charge >= 0.3 is 11.8 Å². The summed E-state index contributed by atoms with van der Waals surface area (Å²) in [5.41, 5.74) is 3.76. The van der Waals surface area contributed by atoms with E-state index in [1.165, 1.54) is 6.92 Å². The Kier molecular flexibility index (Phi) is 4.08. The Labute approximate surface area is 99.7 Å². The lowest BCUT2D eigenvalue weighted by atomic mass is 10.1. The van der Waals surface area contributed by atoms with Crippen molar-refractivity contribution in [2.24, 2.45) is 0 Å². The lowest BCUT2D eigenvalue weighted by Gasteiger charge is -2.06. The number of nitro groups is 1. The van der Waals surface area contributed by atoms with E-state index >= 15 is 0 Å². The van der Waals surface area contributed by atoms with Crippen molar-refractivity contribution in [3.8, 4) is 0 Å². The van der Waals surface area contributed by atoms with Crippen LogP contribution in [0.3, 0.4) is 0 Å². The van der Waals surface area contributed by atoms with Crippen LogP contribution in [0.1, 0.15) is 29.3 Å². The number of halogens is 2. The van der Waals surface area contributed by atoms with Gasteiger partial charge in [0.2, 0.25) is 5.82 Å². The monoisotopic (exact) mass is 261 g/mol. The summed E-state index contributed by atoms with van der Waals surface area (Å²) in [5.74, 6) is -2.70. The lowest BCUT2D eigenvalue weighted by molar-refractivity contribution is -0.389. The Morgan fingerprint density at radius 2 is 2.28 bits per heavy atom. The number of aromatic nitrogens is 1. The Balaban J connectivity index is 3.40. The molecule has 18 heavy (non-hydrogen) atoms. The number of esters is 1. The minimum Gasteiger partial charge on any atom is -0.462 e. The van der Waals surface area contributed by atoms with Crippen molar-refractivity contribution in [3.63, 3.8) is 0 Å². The van der Waals surface area contributed by atoms with Gasteiger partial charge in [-0.1, -0.05) is 0 Å². The minimum absolute atomic E-state index is 0.0512. The fraction of sp³-hybridized carbons (Fsp3) is 0.333. The molecule has 0 unspecified atom stereocenters. The summed E-state index contributed by atoms with van der Waals surface area (Å²) in [7, 11) is 0. The molecule has 98 valence electrons. The number of nitrogens with zero attached hydrogens (tertiary/aromatic N) is 2. The number of pyridine rings is 1. The number of hydrogen-bond donors (Lipinski definition) is 1. The molecule has 9 heteroatoms. The fourth-order valence-corrected chi connectivity index (χ4v) is 1.21. The van der Waals surface area contributed by atoms with E-state index < -0.39 is 40.1 Å². The second-order valence-electron chi connectivity index (χ2n) is 3.11. The van der Waals surface area contributed by atoms with Gasteiger partial charge in [-0.15, -0.1) is 0 Å². The topological polar surface area (TPSA) is 108 Å². The third-order valence-electron chi connectivity index (χ3n) is 1.97. The van der Waals surface area contributed by atoms with Gasteiger partial charge in [0, 0.05) is 0 Å². The summed E-state index contributed by atoms with van der Waals surface area (Å²) in [4.78, 5) is 24.3. The third kappa shape index (κ3) is 2.67. The van der Waals surface area contributed by atoms with E-state index in [9.17, 15) is 23.7 Å². The van der Waals surface area contributed by atoms with Crippen molar-refractivity contribution in [2.45, 2.75) is 13.3 Å². The minimum atomic E-state index is -2.99. The molecule has 0 saturated heterocycles. The Bertz CT molecular complexity index is 493. The second kappa shape index (κ2) is 5.34. The van der Waals surface area contributed by atoms with Crippen molar-refractivity contribution in [1.29, 1.82) is 0 Å². The van der Waals surface area contributed by atoms with Crippen LogP contribution in [0.15, 0.2) is 6.07 Å². The molecule has 0 bridgehead atoms. The molecule has 7 nitrogen and oxygen atoms in total. The molecule has 0 aliphatic carbocycles. The van der Waals surface area contributed by atoms with E-state index in [0.717, 1.165) is 0 Å². The van der Waals surface area contributed by atoms with E-state index in [0.29, 0.717) is 6.07 Å². The van der Waals surface area contributed by atoms with Crippen LogP contribution in [-0.2, 0) is 4.74 Å². The predicted molar refractivity (Wildman–Crippen MR) is 56.2 cm³/mol. The highest BCUT2D eigenvalue weighted by Gasteiger charge is 2.29. The van der Waals surface area contributed by atoms with E-state index in [-0.39, 0.29) is 6.61 Å². The average Bonchev–Trinajstić information content (AvgIpc) is 2.28. The summed E-state index contributed by atoms with van der Waals surface area (Å²) in [6.07, 6.45) is -2.99. The van der Waals surface area contributed by atoms with Crippen LogP contribution in [-0.4, -0.2) is 22.5 Å². The van der Waals surface area contributed by atoms with Crippen molar-refractivity contribution < 1.29 is 23.2 Å². The molecule has 1 aromatic heterocycles. The molecular weight excluding hydrogens is 252 g/mol. The van der Waals surface area contributed by atoms with E-state index in [4.69, 9.17) is 5.73 Å². The molecule has 1 rings (SSSR count). The van der Waals surface area contributed by atoms with Gasteiger partial charge in [0.25, 0.3) is 6.43 Å². The summed E-state index contributed by atoms with van der Waals surface area (Å²) in [5, 5.41) is 10.7. The first kappa shape index (κ1) is 13.7. The SMILES string of the molecule is CCOC(=O)c1cc(C(F)F)c(N)nc1[N+](=O)[O-]. The Morgan fingerprint density at radius 1 is 1.67 bits per heavy atom. The van der Waals surface area contributed by atoms with Crippen molar-refractivity contribution >= 4 is 17.6 Å². The number of rotatable bonds is 4. The number of carbonyl (C=O) groups excluding carboxylic acids is 1. The van der Waals surface area contributed by atoms with Crippen LogP contribution in [0.25, 0.3) is 0 Å². The first-order valence-electron chi connectivity index (χ1n) is 4.78. The molecule has 0 aromatic carbocycles. The standard InChI is InChI=1S/C9H9F2N3O4/c1-2-18-9(15)5-3-4(6(10)11)7(12)13-8(5)14(16)17/h3,6H,2H2,1H3,(H2,12,13). The van der Waals surface area contributed by atoms with Crippen molar-refractivity contribution in [3.05, 3.63) is 27.3 Å². The van der Waals surface area contributed by atoms with Crippen LogP contribution in [0, 0.1) is 10.1 Å². The highest BCUT2D eigenvalue weighted by molar-refractivity contribution is 5.93. The smallest absolute Gasteiger partial charge is 0.380 e. The maximum Gasteiger partial charge on any atom is 0.380 e. The van der Waals surface area contributed by atoms with Crippen LogP contribution in [0.5, 0.6) is 0 Å². The highest BCUT2D eigenvalue weighted by atomic mass is 19.3. The number of ether oxygens (including phenoxy) is 1. The molecule has 0 atom stereocenters. The largest absolute Gasteiger partial charge is 0.462 e. The Hall–Kier alpha value is -2.32. The zero-order valence-corrected chi connectivity index (χ0v) is 9.22. The molecule has 0 radical (unpaired) electrons. The number of nitrogens with two attached hydrogens (primary N) is 1. The normalized spacial score (nSPS) is 10.4. The number of alkyl halides is 2. The average molecular weight is 261 g/mol. The third-order valence-corrected chi connectivity index (χ3v) is 1.97. The summed E-state index contributed by atoms with van der Waals surface area (Å²) < 4.78 is 29.6. The predicted octanol–water partition coefficient (Wildman–Crippen LogP) is 1.69. The zero-order chi connectivity index (χ0) is 13.9. The van der Waals surface area contributed by atoms with E-state index in [1.54, 1.807) is 0 Å². The molecule has 0 saturated carbocycles. The molecule has 1 aromatic rings. The number of anilines is 1. The second-order valence-corrected chi connectivity index (χ2v) is 3.11. The molecule has 0 aliphatic rings. The molecule has 0 aliphatic heterocycles. The van der Waals surface area contributed by atoms with Gasteiger partial charge in [-0.2, -0.15) is 0 Å². The van der Waals surface area contributed by atoms with E-state index in [2.05, 4.69) is 9.72 Å². The van der Waals surface area contributed by atoms with Gasteiger partial charge in [-0.3, -0.25) is 0 Å². The van der Waals surface area contributed by atoms with E-state index in [1.807, 2.05) is 0 Å². The fourth-order valence-electron chi connectivity index (χ4n) is 1.21. The molecule has 1 heterocycles. The first-order valence-corrected chi connectivity index (χ1v) is 4.78. The van der Waals surface area contributed by atoms with Crippen LogP contribution < -0.4 is 5.73 Å². The summed E-state index contributed by atoms with van der Waals surface area (Å²) in [6.45, 7) is 1.42. The van der Waals surface area contributed by atoms with Gasteiger partial charge in [0.15, 0.2) is 5.56 Å². The molecule has 0 spiro atoms. The molecule has 0 fully saturated rings. The highest BCUT2D eigenvalue weighted by Crippen LogP contribution is 2.29. The maximum atomic E-state index is 12.5. The number of carbonyl (C=O) groups is 1. The Morgan fingerprint density at radius 3 is 2.72 bits per heavy atom. The summed E-state index contributed by atoms with van der Waals surface area (Å²) in [6, 6.07) is 0.628. The number of nitrogen functional groups attached to an aromatic ring is 1.